The van der Waals surface area contributed by atoms with Gasteiger partial charge >= 0.3 is 5.97 Å². The van der Waals surface area contributed by atoms with Gasteiger partial charge in [0.05, 0.1) is 21.4 Å². The summed E-state index contributed by atoms with van der Waals surface area (Å²) in [5, 5.41) is 17.8. The minimum absolute atomic E-state index is 0.0205. The fraction of sp³-hybridized carbons (Fsp3) is 0.143. The van der Waals surface area contributed by atoms with Crippen molar-refractivity contribution in [2.75, 3.05) is 0 Å². The Bertz CT molecular complexity index is 856. The molecular formula is C14H12N2O4S. The van der Waals surface area contributed by atoms with E-state index in [1.54, 1.807) is 6.92 Å². The van der Waals surface area contributed by atoms with Gasteiger partial charge in [-0.3, -0.25) is 0 Å². The summed E-state index contributed by atoms with van der Waals surface area (Å²) in [5.41, 5.74) is 0.599. The molecular weight excluding hydrogens is 292 g/mol. The summed E-state index contributed by atoms with van der Waals surface area (Å²) >= 11 is 0. The number of aromatic nitrogens is 1. The highest BCUT2D eigenvalue weighted by molar-refractivity contribution is 7.91. The van der Waals surface area contributed by atoms with Crippen LogP contribution in [0.25, 0.3) is 0 Å². The molecule has 0 unspecified atom stereocenters. The molecule has 1 aromatic carbocycles. The molecule has 2 aromatic rings. The molecule has 0 spiro atoms. The number of nitriles is 1. The zero-order valence-corrected chi connectivity index (χ0v) is 12.2. The van der Waals surface area contributed by atoms with Crippen LogP contribution < -0.4 is 0 Å². The second-order valence-corrected chi connectivity index (χ2v) is 6.40. The summed E-state index contributed by atoms with van der Waals surface area (Å²) in [4.78, 5) is 11.1. The van der Waals surface area contributed by atoms with Gasteiger partial charge in [0.1, 0.15) is 5.69 Å². The molecule has 21 heavy (non-hydrogen) atoms. The summed E-state index contributed by atoms with van der Waals surface area (Å²) in [5.74, 6) is -1.19. The van der Waals surface area contributed by atoms with E-state index in [0.717, 1.165) is 6.07 Å². The Labute approximate surface area is 121 Å². The number of sulfone groups is 1. The van der Waals surface area contributed by atoms with Crippen molar-refractivity contribution in [1.82, 2.24) is 4.57 Å². The fourth-order valence-corrected chi connectivity index (χ4v) is 3.53. The van der Waals surface area contributed by atoms with E-state index in [-0.39, 0.29) is 15.5 Å². The van der Waals surface area contributed by atoms with Crippen molar-refractivity contribution in [2.45, 2.75) is 16.7 Å². The molecule has 1 aromatic heterocycles. The first-order valence-corrected chi connectivity index (χ1v) is 7.42. The number of hydrogen-bond acceptors (Lipinski definition) is 4. The Balaban J connectivity index is 2.61. The fourth-order valence-electron chi connectivity index (χ4n) is 1.98. The molecule has 0 aliphatic heterocycles. The third-order valence-electron chi connectivity index (χ3n) is 3.29. The molecule has 0 aliphatic rings. The van der Waals surface area contributed by atoms with Gasteiger partial charge in [-0.05, 0) is 37.3 Å². The van der Waals surface area contributed by atoms with Crippen LogP contribution in [0.5, 0.6) is 0 Å². The maximum atomic E-state index is 12.6. The Hall–Kier alpha value is -2.59. The topological polar surface area (TPSA) is 100 Å². The Morgan fingerprint density at radius 3 is 2.29 bits per heavy atom. The van der Waals surface area contributed by atoms with E-state index in [2.05, 4.69) is 0 Å². The van der Waals surface area contributed by atoms with E-state index < -0.39 is 15.8 Å². The molecule has 0 bridgehead atoms. The second-order valence-electron chi connectivity index (χ2n) is 4.48. The zero-order valence-electron chi connectivity index (χ0n) is 11.4. The van der Waals surface area contributed by atoms with Crippen LogP contribution in [-0.4, -0.2) is 24.1 Å². The number of rotatable bonds is 3. The highest BCUT2D eigenvalue weighted by Crippen LogP contribution is 2.26. The number of nitrogens with zero attached hydrogens (tertiary/aromatic N) is 2. The number of aromatic carboxylic acids is 1. The minimum atomic E-state index is -3.82. The van der Waals surface area contributed by atoms with Crippen LogP contribution in [-0.2, 0) is 16.9 Å². The smallest absolute Gasteiger partial charge is 0.352 e. The highest BCUT2D eigenvalue weighted by atomic mass is 32.2. The van der Waals surface area contributed by atoms with Crippen LogP contribution >= 0.6 is 0 Å². The van der Waals surface area contributed by atoms with Gasteiger partial charge in [0.2, 0.25) is 9.84 Å². The van der Waals surface area contributed by atoms with E-state index in [0.29, 0.717) is 11.3 Å². The van der Waals surface area contributed by atoms with Crippen LogP contribution in [0.3, 0.4) is 0 Å². The van der Waals surface area contributed by atoms with Crippen molar-refractivity contribution in [3.8, 4) is 6.07 Å². The van der Waals surface area contributed by atoms with Crippen molar-refractivity contribution >= 4 is 15.8 Å². The van der Waals surface area contributed by atoms with Crippen molar-refractivity contribution < 1.29 is 18.3 Å². The molecule has 7 heteroatoms. The lowest BCUT2D eigenvalue weighted by Gasteiger charge is -2.05. The van der Waals surface area contributed by atoms with Gasteiger partial charge in [-0.15, -0.1) is 0 Å². The lowest BCUT2D eigenvalue weighted by Crippen LogP contribution is -2.05. The van der Waals surface area contributed by atoms with E-state index in [4.69, 9.17) is 10.4 Å². The average molecular weight is 304 g/mol. The van der Waals surface area contributed by atoms with Crippen LogP contribution in [0.4, 0.5) is 0 Å². The summed E-state index contributed by atoms with van der Waals surface area (Å²) in [6.07, 6.45) is 0. The number of carbonyl (C=O) groups is 1. The van der Waals surface area contributed by atoms with E-state index in [1.807, 2.05) is 6.07 Å². The normalized spacial score (nSPS) is 11.1. The van der Waals surface area contributed by atoms with Gasteiger partial charge in [0.25, 0.3) is 0 Å². The van der Waals surface area contributed by atoms with Gasteiger partial charge in [0, 0.05) is 12.7 Å². The lowest BCUT2D eigenvalue weighted by molar-refractivity contribution is 0.0686. The SMILES string of the molecule is Cc1c(S(=O)(=O)c2ccc(C#N)cc2)cc(C(=O)O)n1C. The highest BCUT2D eigenvalue weighted by Gasteiger charge is 2.25. The Kier molecular flexibility index (Phi) is 3.58. The molecule has 108 valence electrons. The third-order valence-corrected chi connectivity index (χ3v) is 5.18. The summed E-state index contributed by atoms with van der Waals surface area (Å²) in [6.45, 7) is 1.54. The van der Waals surface area contributed by atoms with E-state index in [9.17, 15) is 13.2 Å². The van der Waals surface area contributed by atoms with Crippen LogP contribution in [0, 0.1) is 18.3 Å². The molecule has 6 nitrogen and oxygen atoms in total. The molecule has 0 amide bonds. The molecule has 2 rings (SSSR count). The first-order chi connectivity index (χ1) is 9.78. The molecule has 0 saturated heterocycles. The van der Waals surface area contributed by atoms with Gasteiger partial charge in [-0.2, -0.15) is 5.26 Å². The summed E-state index contributed by atoms with van der Waals surface area (Å²) in [6, 6.07) is 8.53. The Morgan fingerprint density at radius 1 is 1.29 bits per heavy atom. The maximum Gasteiger partial charge on any atom is 0.352 e. The predicted molar refractivity (Wildman–Crippen MR) is 73.7 cm³/mol. The Morgan fingerprint density at radius 2 is 1.86 bits per heavy atom. The van der Waals surface area contributed by atoms with Crippen molar-refractivity contribution in [1.29, 1.82) is 5.26 Å². The molecule has 0 aliphatic carbocycles. The molecule has 0 atom stereocenters. The number of carboxylic acid groups (broad SMARTS) is 1. The number of benzene rings is 1. The van der Waals surface area contributed by atoms with Crippen molar-refractivity contribution in [3.63, 3.8) is 0 Å². The summed E-state index contributed by atoms with van der Waals surface area (Å²) in [7, 11) is -2.33. The van der Waals surface area contributed by atoms with Crippen LogP contribution in [0.15, 0.2) is 40.1 Å². The quantitative estimate of drug-likeness (QED) is 0.930. The standard InChI is InChI=1S/C14H12N2O4S/c1-9-13(7-12(14(17)18)16(9)2)21(19,20)11-5-3-10(8-15)4-6-11/h3-7H,1-2H3,(H,17,18). The maximum absolute atomic E-state index is 12.6. The number of hydrogen-bond donors (Lipinski definition) is 1. The van der Waals surface area contributed by atoms with Crippen molar-refractivity contribution in [2.24, 2.45) is 7.05 Å². The van der Waals surface area contributed by atoms with Crippen LogP contribution in [0.2, 0.25) is 0 Å². The molecule has 1 N–H and O–H groups in total. The van der Waals surface area contributed by atoms with E-state index >= 15 is 0 Å². The van der Waals surface area contributed by atoms with Gasteiger partial charge in [-0.25, -0.2) is 13.2 Å². The van der Waals surface area contributed by atoms with Crippen LogP contribution in [0.1, 0.15) is 21.7 Å². The number of carboxylic acids is 1. The van der Waals surface area contributed by atoms with E-state index in [1.165, 1.54) is 35.9 Å². The summed E-state index contributed by atoms with van der Waals surface area (Å²) < 4.78 is 26.4. The second kappa shape index (κ2) is 5.07. The first-order valence-electron chi connectivity index (χ1n) is 5.94. The van der Waals surface area contributed by atoms with Gasteiger partial charge < -0.3 is 9.67 Å². The monoisotopic (exact) mass is 304 g/mol. The lowest BCUT2D eigenvalue weighted by atomic mass is 10.2. The third kappa shape index (κ3) is 2.41. The predicted octanol–water partition coefficient (Wildman–Crippen LogP) is 1.74. The molecule has 0 fully saturated rings. The van der Waals surface area contributed by atoms with Gasteiger partial charge in [0.15, 0.2) is 0 Å². The molecule has 0 saturated carbocycles. The zero-order chi connectivity index (χ0) is 15.8. The minimum Gasteiger partial charge on any atom is -0.477 e. The average Bonchev–Trinajstić information content (AvgIpc) is 2.76. The largest absolute Gasteiger partial charge is 0.477 e. The molecule has 1 heterocycles. The van der Waals surface area contributed by atoms with Crippen molar-refractivity contribution in [3.05, 3.63) is 47.3 Å². The first kappa shape index (κ1) is 14.8. The molecule has 0 radical (unpaired) electrons. The van der Waals surface area contributed by atoms with Gasteiger partial charge in [-0.1, -0.05) is 0 Å².